The molecule has 0 bridgehead atoms. The molecule has 5 nitrogen and oxygen atoms in total. The summed E-state index contributed by atoms with van der Waals surface area (Å²) in [6, 6.07) is 8.15. The van der Waals surface area contributed by atoms with E-state index in [0.29, 0.717) is 24.7 Å². The van der Waals surface area contributed by atoms with Crippen LogP contribution in [-0.4, -0.2) is 37.5 Å². The molecule has 0 N–H and O–H groups in total. The van der Waals surface area contributed by atoms with Gasteiger partial charge >= 0.3 is 0 Å². The van der Waals surface area contributed by atoms with E-state index in [1.54, 1.807) is 30.3 Å². The predicted octanol–water partition coefficient (Wildman–Crippen LogP) is 2.21. The van der Waals surface area contributed by atoms with Gasteiger partial charge in [-0.25, -0.2) is 13.4 Å². The van der Waals surface area contributed by atoms with E-state index in [1.165, 1.54) is 15.6 Å². The van der Waals surface area contributed by atoms with E-state index < -0.39 is 10.0 Å². The Hall–Kier alpha value is -1.28. The van der Waals surface area contributed by atoms with E-state index >= 15 is 0 Å². The minimum atomic E-state index is -3.53. The molecular formula is C14H16N2O3S2. The first-order valence-electron chi connectivity index (χ1n) is 6.66. The Balaban J connectivity index is 1.98. The largest absolute Gasteiger partial charge is 0.378 e. The van der Waals surface area contributed by atoms with Gasteiger partial charge in [0.1, 0.15) is 0 Å². The van der Waals surface area contributed by atoms with Gasteiger partial charge in [-0.15, -0.1) is 11.3 Å². The summed E-state index contributed by atoms with van der Waals surface area (Å²) in [4.78, 5) is 4.73. The molecule has 0 spiro atoms. The molecule has 1 saturated heterocycles. The fourth-order valence-electron chi connectivity index (χ4n) is 2.37. The topological polar surface area (TPSA) is 59.5 Å². The first kappa shape index (κ1) is 14.6. The lowest BCUT2D eigenvalue weighted by Crippen LogP contribution is -2.43. The molecule has 1 atom stereocenters. The van der Waals surface area contributed by atoms with Gasteiger partial charge in [0.2, 0.25) is 10.0 Å². The van der Waals surface area contributed by atoms with Gasteiger partial charge in [-0.05, 0) is 19.1 Å². The molecule has 21 heavy (non-hydrogen) atoms. The Bertz CT molecular complexity index is 713. The van der Waals surface area contributed by atoms with Crippen LogP contribution in [0.5, 0.6) is 0 Å². The number of aromatic nitrogens is 1. The third-order valence-electron chi connectivity index (χ3n) is 3.41. The molecule has 0 amide bonds. The SMILES string of the molecule is Cc1nc([C@H]2COCCN2S(=O)(=O)c2ccccc2)cs1. The van der Waals surface area contributed by atoms with Gasteiger partial charge < -0.3 is 4.74 Å². The van der Waals surface area contributed by atoms with Crippen molar-refractivity contribution in [3.05, 3.63) is 46.4 Å². The summed E-state index contributed by atoms with van der Waals surface area (Å²) in [6.07, 6.45) is 0. The number of nitrogens with zero attached hydrogens (tertiary/aromatic N) is 2. The van der Waals surface area contributed by atoms with Crippen molar-refractivity contribution in [1.29, 1.82) is 0 Å². The zero-order valence-corrected chi connectivity index (χ0v) is 13.2. The van der Waals surface area contributed by atoms with Crippen LogP contribution in [0.2, 0.25) is 0 Å². The van der Waals surface area contributed by atoms with Crippen LogP contribution in [0.1, 0.15) is 16.7 Å². The summed E-state index contributed by atoms with van der Waals surface area (Å²) in [7, 11) is -3.53. The number of morpholine rings is 1. The maximum atomic E-state index is 12.8. The average Bonchev–Trinajstić information content (AvgIpc) is 2.95. The van der Waals surface area contributed by atoms with Crippen LogP contribution in [0.3, 0.4) is 0 Å². The fourth-order valence-corrected chi connectivity index (χ4v) is 4.62. The van der Waals surface area contributed by atoms with Gasteiger partial charge in [-0.2, -0.15) is 4.31 Å². The highest BCUT2D eigenvalue weighted by molar-refractivity contribution is 7.89. The van der Waals surface area contributed by atoms with Crippen molar-refractivity contribution in [2.24, 2.45) is 0 Å². The number of thiazole rings is 1. The summed E-state index contributed by atoms with van der Waals surface area (Å²) < 4.78 is 32.6. The van der Waals surface area contributed by atoms with Crippen LogP contribution >= 0.6 is 11.3 Å². The quantitative estimate of drug-likeness (QED) is 0.868. The number of hydrogen-bond donors (Lipinski definition) is 0. The molecule has 2 heterocycles. The highest BCUT2D eigenvalue weighted by Gasteiger charge is 2.36. The van der Waals surface area contributed by atoms with Gasteiger partial charge in [0, 0.05) is 11.9 Å². The lowest BCUT2D eigenvalue weighted by molar-refractivity contribution is 0.0308. The second-order valence-corrected chi connectivity index (χ2v) is 7.76. The van der Waals surface area contributed by atoms with E-state index in [-0.39, 0.29) is 6.04 Å². The predicted molar refractivity (Wildman–Crippen MR) is 80.7 cm³/mol. The molecule has 1 aromatic heterocycles. The van der Waals surface area contributed by atoms with E-state index in [1.807, 2.05) is 12.3 Å². The van der Waals surface area contributed by atoms with Crippen molar-refractivity contribution in [2.45, 2.75) is 17.9 Å². The van der Waals surface area contributed by atoms with Crippen molar-refractivity contribution < 1.29 is 13.2 Å². The third kappa shape index (κ3) is 2.87. The molecule has 1 aliphatic heterocycles. The molecule has 0 unspecified atom stereocenters. The average molecular weight is 324 g/mol. The number of hydrogen-bond acceptors (Lipinski definition) is 5. The van der Waals surface area contributed by atoms with Gasteiger partial charge in [0.05, 0.1) is 34.9 Å². The summed E-state index contributed by atoms with van der Waals surface area (Å²) in [5.41, 5.74) is 0.761. The molecule has 7 heteroatoms. The first-order chi connectivity index (χ1) is 10.1. The van der Waals surface area contributed by atoms with Crippen LogP contribution in [0.15, 0.2) is 40.6 Å². The lowest BCUT2D eigenvalue weighted by Gasteiger charge is -2.33. The number of aryl methyl sites for hydroxylation is 1. The third-order valence-corrected chi connectivity index (χ3v) is 6.12. The van der Waals surface area contributed by atoms with Crippen LogP contribution in [0, 0.1) is 6.92 Å². The molecule has 0 radical (unpaired) electrons. The Labute approximate surface area is 128 Å². The highest BCUT2D eigenvalue weighted by Crippen LogP contribution is 2.30. The van der Waals surface area contributed by atoms with Gasteiger partial charge in [-0.3, -0.25) is 0 Å². The molecule has 1 aromatic carbocycles. The van der Waals surface area contributed by atoms with Crippen LogP contribution in [0.4, 0.5) is 0 Å². The molecule has 112 valence electrons. The van der Waals surface area contributed by atoms with Crippen LogP contribution in [-0.2, 0) is 14.8 Å². The highest BCUT2D eigenvalue weighted by atomic mass is 32.2. The molecular weight excluding hydrogens is 308 g/mol. The minimum Gasteiger partial charge on any atom is -0.378 e. The number of sulfonamides is 1. The molecule has 0 saturated carbocycles. The standard InChI is InChI=1S/C14H16N2O3S2/c1-11-15-13(10-20-11)14-9-19-8-7-16(14)21(17,18)12-5-3-2-4-6-12/h2-6,10,14H,7-9H2,1H3/t14-/m1/s1. The summed E-state index contributed by atoms with van der Waals surface area (Å²) >= 11 is 1.52. The monoisotopic (exact) mass is 324 g/mol. The maximum Gasteiger partial charge on any atom is 0.243 e. The number of benzene rings is 1. The summed E-state index contributed by atoms with van der Waals surface area (Å²) in [5.74, 6) is 0. The fraction of sp³-hybridized carbons (Fsp3) is 0.357. The second kappa shape index (κ2) is 5.84. The second-order valence-electron chi connectivity index (χ2n) is 4.81. The zero-order chi connectivity index (χ0) is 14.9. The number of rotatable bonds is 3. The van der Waals surface area contributed by atoms with Crippen molar-refractivity contribution >= 4 is 21.4 Å². The van der Waals surface area contributed by atoms with Crippen molar-refractivity contribution in [3.8, 4) is 0 Å². The van der Waals surface area contributed by atoms with Crippen molar-refractivity contribution in [2.75, 3.05) is 19.8 Å². The Morgan fingerprint density at radius 3 is 2.76 bits per heavy atom. The van der Waals surface area contributed by atoms with E-state index in [0.717, 1.165) is 10.7 Å². The number of ether oxygens (including phenoxy) is 1. The molecule has 3 rings (SSSR count). The summed E-state index contributed by atoms with van der Waals surface area (Å²) in [6.45, 7) is 3.01. The molecule has 1 fully saturated rings. The first-order valence-corrected chi connectivity index (χ1v) is 8.97. The molecule has 1 aliphatic rings. The Morgan fingerprint density at radius 2 is 2.10 bits per heavy atom. The van der Waals surface area contributed by atoms with Crippen molar-refractivity contribution in [3.63, 3.8) is 0 Å². The van der Waals surface area contributed by atoms with Gasteiger partial charge in [0.15, 0.2) is 0 Å². The van der Waals surface area contributed by atoms with Gasteiger partial charge in [0.25, 0.3) is 0 Å². The van der Waals surface area contributed by atoms with E-state index in [2.05, 4.69) is 4.98 Å². The molecule has 0 aliphatic carbocycles. The van der Waals surface area contributed by atoms with Gasteiger partial charge in [-0.1, -0.05) is 18.2 Å². The van der Waals surface area contributed by atoms with Crippen LogP contribution < -0.4 is 0 Å². The minimum absolute atomic E-state index is 0.309. The van der Waals surface area contributed by atoms with Crippen LogP contribution in [0.25, 0.3) is 0 Å². The zero-order valence-electron chi connectivity index (χ0n) is 11.6. The lowest BCUT2D eigenvalue weighted by atomic mass is 10.2. The Morgan fingerprint density at radius 1 is 1.33 bits per heavy atom. The summed E-state index contributed by atoms with van der Waals surface area (Å²) in [5, 5.41) is 2.83. The molecule has 2 aromatic rings. The van der Waals surface area contributed by atoms with E-state index in [4.69, 9.17) is 4.74 Å². The van der Waals surface area contributed by atoms with Crippen molar-refractivity contribution in [1.82, 2.24) is 9.29 Å². The maximum absolute atomic E-state index is 12.8. The Kier molecular flexibility index (Phi) is 4.08. The smallest absolute Gasteiger partial charge is 0.243 e. The van der Waals surface area contributed by atoms with E-state index in [9.17, 15) is 8.42 Å². The normalized spacial score (nSPS) is 20.5.